The molecule has 1 rings (SSSR count). The third-order valence-corrected chi connectivity index (χ3v) is 2.34. The normalized spacial score (nSPS) is 9.82. The van der Waals surface area contributed by atoms with Gasteiger partial charge < -0.3 is 4.43 Å². The molecule has 0 spiro atoms. The van der Waals surface area contributed by atoms with E-state index >= 15 is 0 Å². The molecule has 1 nitrogen and oxygen atoms in total. The van der Waals surface area contributed by atoms with Gasteiger partial charge in [-0.05, 0) is 43.5 Å². The van der Waals surface area contributed by atoms with Crippen LogP contribution < -0.4 is 4.43 Å². The summed E-state index contributed by atoms with van der Waals surface area (Å²) in [7, 11) is 3.01. The molecule has 0 bridgehead atoms. The highest BCUT2D eigenvalue weighted by Gasteiger charge is 2.01. The quantitative estimate of drug-likeness (QED) is 0.576. The van der Waals surface area contributed by atoms with Crippen LogP contribution in [0.4, 0.5) is 0 Å². The Morgan fingerprint density at radius 1 is 1.09 bits per heavy atom. The maximum atomic E-state index is 4.99. The van der Waals surface area contributed by atoms with Crippen molar-refractivity contribution in [1.82, 2.24) is 0 Å². The molecule has 0 aliphatic carbocycles. The van der Waals surface area contributed by atoms with Crippen LogP contribution in [0.25, 0.3) is 0 Å². The Bertz CT molecular complexity index is 269. The van der Waals surface area contributed by atoms with E-state index in [-0.39, 0.29) is 0 Å². The first-order valence-electron chi connectivity index (χ1n) is 3.57. The molecule has 0 saturated heterocycles. The number of aryl methyl sites for hydroxylation is 1. The lowest BCUT2D eigenvalue weighted by Crippen LogP contribution is -1.92. The van der Waals surface area contributed by atoms with Gasteiger partial charge in [-0.15, -0.1) is 0 Å². The number of rotatable bonds is 1. The minimum Gasteiger partial charge on any atom is -0.540 e. The SMILES string of the molecule is Cc1ccc(O[Si])c(C)c1C. The van der Waals surface area contributed by atoms with E-state index in [9.17, 15) is 0 Å². The molecule has 0 atom stereocenters. The largest absolute Gasteiger partial charge is 0.540 e. The summed E-state index contributed by atoms with van der Waals surface area (Å²) in [4.78, 5) is 0. The highest BCUT2D eigenvalue weighted by Crippen LogP contribution is 2.22. The van der Waals surface area contributed by atoms with E-state index in [2.05, 4.69) is 37.3 Å². The second kappa shape index (κ2) is 3.09. The molecule has 0 fully saturated rings. The summed E-state index contributed by atoms with van der Waals surface area (Å²) in [6.07, 6.45) is 0. The molecule has 57 valence electrons. The van der Waals surface area contributed by atoms with Crippen LogP contribution in [0.1, 0.15) is 16.7 Å². The first-order valence-corrected chi connectivity index (χ1v) is 3.98. The van der Waals surface area contributed by atoms with Crippen LogP contribution in [-0.2, 0) is 0 Å². The fourth-order valence-electron chi connectivity index (χ4n) is 1.04. The van der Waals surface area contributed by atoms with Crippen molar-refractivity contribution in [3.05, 3.63) is 28.8 Å². The van der Waals surface area contributed by atoms with Gasteiger partial charge >= 0.3 is 10.5 Å². The molecule has 0 aliphatic heterocycles. The maximum absolute atomic E-state index is 4.99. The average molecular weight is 163 g/mol. The summed E-state index contributed by atoms with van der Waals surface area (Å²) in [5.41, 5.74) is 3.79. The van der Waals surface area contributed by atoms with Crippen LogP contribution in [0.2, 0.25) is 0 Å². The molecular weight excluding hydrogens is 152 g/mol. The van der Waals surface area contributed by atoms with Crippen LogP contribution in [0.15, 0.2) is 12.1 Å². The molecule has 3 radical (unpaired) electrons. The van der Waals surface area contributed by atoms with Gasteiger partial charge in [-0.1, -0.05) is 6.07 Å². The van der Waals surface area contributed by atoms with E-state index in [0.29, 0.717) is 0 Å². The van der Waals surface area contributed by atoms with Crippen molar-refractivity contribution < 1.29 is 4.43 Å². The first kappa shape index (κ1) is 8.33. The minimum atomic E-state index is 0.893. The molecular formula is C9H11OSi. The van der Waals surface area contributed by atoms with E-state index < -0.39 is 0 Å². The Morgan fingerprint density at radius 2 is 1.73 bits per heavy atom. The van der Waals surface area contributed by atoms with Gasteiger partial charge in [-0.3, -0.25) is 0 Å². The molecule has 0 amide bonds. The molecule has 1 aromatic carbocycles. The Morgan fingerprint density at radius 3 is 2.27 bits per heavy atom. The van der Waals surface area contributed by atoms with Gasteiger partial charge in [0.05, 0.1) is 0 Å². The molecule has 0 saturated carbocycles. The van der Waals surface area contributed by atoms with E-state index in [1.54, 1.807) is 0 Å². The van der Waals surface area contributed by atoms with Crippen molar-refractivity contribution in [2.75, 3.05) is 0 Å². The van der Waals surface area contributed by atoms with Crippen LogP contribution >= 0.6 is 0 Å². The Hall–Kier alpha value is -0.763. The van der Waals surface area contributed by atoms with Crippen molar-refractivity contribution in [2.45, 2.75) is 20.8 Å². The van der Waals surface area contributed by atoms with Gasteiger partial charge in [0.1, 0.15) is 5.75 Å². The van der Waals surface area contributed by atoms with Crippen molar-refractivity contribution >= 4 is 10.5 Å². The number of benzene rings is 1. The van der Waals surface area contributed by atoms with Gasteiger partial charge in [0.25, 0.3) is 0 Å². The molecule has 1 aromatic rings. The predicted octanol–water partition coefficient (Wildman–Crippen LogP) is 2.07. The third kappa shape index (κ3) is 1.45. The lowest BCUT2D eigenvalue weighted by molar-refractivity contribution is 0.609. The second-order valence-electron chi connectivity index (χ2n) is 2.73. The van der Waals surface area contributed by atoms with E-state index in [1.165, 1.54) is 16.7 Å². The Kier molecular flexibility index (Phi) is 2.34. The molecule has 0 unspecified atom stereocenters. The Balaban J connectivity index is 3.25. The van der Waals surface area contributed by atoms with Gasteiger partial charge in [0.15, 0.2) is 0 Å². The zero-order chi connectivity index (χ0) is 8.43. The highest BCUT2D eigenvalue weighted by molar-refractivity contribution is 6.00. The zero-order valence-electron chi connectivity index (χ0n) is 7.06. The summed E-state index contributed by atoms with van der Waals surface area (Å²) < 4.78 is 4.99. The maximum Gasteiger partial charge on any atom is 0.341 e. The van der Waals surface area contributed by atoms with E-state index in [0.717, 1.165) is 5.75 Å². The van der Waals surface area contributed by atoms with Gasteiger partial charge in [-0.25, -0.2) is 0 Å². The lowest BCUT2D eigenvalue weighted by Gasteiger charge is -2.09. The fraction of sp³-hybridized carbons (Fsp3) is 0.333. The predicted molar refractivity (Wildman–Crippen MR) is 47.0 cm³/mol. The van der Waals surface area contributed by atoms with Crippen LogP contribution in [0.3, 0.4) is 0 Å². The fourth-order valence-corrected chi connectivity index (χ4v) is 1.26. The van der Waals surface area contributed by atoms with Crippen molar-refractivity contribution in [2.24, 2.45) is 0 Å². The lowest BCUT2D eigenvalue weighted by atomic mass is 10.0. The summed E-state index contributed by atoms with van der Waals surface area (Å²) in [6.45, 7) is 6.25. The topological polar surface area (TPSA) is 9.23 Å². The first-order chi connectivity index (χ1) is 5.16. The average Bonchev–Trinajstić information content (AvgIpc) is 2.01. The summed E-state index contributed by atoms with van der Waals surface area (Å²) in [5.74, 6) is 0.893. The van der Waals surface area contributed by atoms with Crippen molar-refractivity contribution in [3.8, 4) is 5.75 Å². The van der Waals surface area contributed by atoms with Crippen LogP contribution in [0, 0.1) is 20.8 Å². The minimum absolute atomic E-state index is 0.893. The van der Waals surface area contributed by atoms with Crippen LogP contribution in [-0.4, -0.2) is 10.5 Å². The molecule has 0 heterocycles. The van der Waals surface area contributed by atoms with Crippen LogP contribution in [0.5, 0.6) is 5.75 Å². The number of hydrogen-bond donors (Lipinski definition) is 0. The summed E-state index contributed by atoms with van der Waals surface area (Å²) in [5, 5.41) is 0. The van der Waals surface area contributed by atoms with E-state index in [4.69, 9.17) is 4.43 Å². The van der Waals surface area contributed by atoms with Gasteiger partial charge in [0, 0.05) is 0 Å². The highest BCUT2D eigenvalue weighted by atomic mass is 28.2. The molecule has 2 heteroatoms. The second-order valence-corrected chi connectivity index (χ2v) is 2.94. The van der Waals surface area contributed by atoms with Gasteiger partial charge in [0.2, 0.25) is 0 Å². The standard InChI is InChI=1S/C9H11OSi/c1-6-4-5-9(10-11)8(3)7(6)2/h4-5H,1-3H3. The van der Waals surface area contributed by atoms with Gasteiger partial charge in [-0.2, -0.15) is 0 Å². The van der Waals surface area contributed by atoms with E-state index in [1.807, 2.05) is 6.07 Å². The monoisotopic (exact) mass is 163 g/mol. The molecule has 0 aromatic heterocycles. The molecule has 0 N–H and O–H groups in total. The molecule has 11 heavy (non-hydrogen) atoms. The van der Waals surface area contributed by atoms with Crippen molar-refractivity contribution in [3.63, 3.8) is 0 Å². The smallest absolute Gasteiger partial charge is 0.341 e. The summed E-state index contributed by atoms with van der Waals surface area (Å²) in [6, 6.07) is 4.02. The third-order valence-electron chi connectivity index (χ3n) is 2.12. The zero-order valence-corrected chi connectivity index (χ0v) is 8.06. The summed E-state index contributed by atoms with van der Waals surface area (Å²) >= 11 is 0. The van der Waals surface area contributed by atoms with Crippen molar-refractivity contribution in [1.29, 1.82) is 0 Å². The number of hydrogen-bond acceptors (Lipinski definition) is 1. The molecule has 0 aliphatic rings. The Labute approximate surface area is 70.9 Å².